The molecule has 0 bridgehead atoms. The fourth-order valence-corrected chi connectivity index (χ4v) is 0.456. The van der Waals surface area contributed by atoms with E-state index >= 15 is 0 Å². The summed E-state index contributed by atoms with van der Waals surface area (Å²) in [7, 11) is 0. The molecule has 6 nitrogen and oxygen atoms in total. The maximum absolute atomic E-state index is 10.7. The zero-order chi connectivity index (χ0) is 11.1. The molecule has 0 aromatic carbocycles. The van der Waals surface area contributed by atoms with Gasteiger partial charge in [0.2, 0.25) is 0 Å². The molecule has 0 aromatic heterocycles. The van der Waals surface area contributed by atoms with Crippen molar-refractivity contribution in [2.75, 3.05) is 13.2 Å². The van der Waals surface area contributed by atoms with Crippen LogP contribution in [0.3, 0.4) is 0 Å². The third-order valence-electron chi connectivity index (χ3n) is 1.15. The number of hydrogen-bond acceptors (Lipinski definition) is 6. The van der Waals surface area contributed by atoms with E-state index in [-0.39, 0.29) is 12.1 Å². The van der Waals surface area contributed by atoms with Gasteiger partial charge in [0, 0.05) is 5.57 Å². The first-order chi connectivity index (χ1) is 6.43. The van der Waals surface area contributed by atoms with Crippen LogP contribution in [0.4, 0.5) is 4.79 Å². The summed E-state index contributed by atoms with van der Waals surface area (Å²) in [5.41, 5.74) is 0.431. The zero-order valence-electron chi connectivity index (χ0n) is 7.65. The Kier molecular flexibility index (Phi) is 5.31. The molecule has 1 unspecified atom stereocenters. The van der Waals surface area contributed by atoms with E-state index in [1.807, 2.05) is 0 Å². The van der Waals surface area contributed by atoms with Gasteiger partial charge in [-0.25, -0.2) is 4.79 Å². The summed E-state index contributed by atoms with van der Waals surface area (Å²) in [5, 5.41) is 16.7. The predicted molar refractivity (Wildman–Crippen MR) is 40.9 cm³/mol. The summed E-state index contributed by atoms with van der Waals surface area (Å²) in [5.74, 6) is -0.337. The van der Waals surface area contributed by atoms with Gasteiger partial charge in [0.25, 0.3) is 0 Å². The lowest BCUT2D eigenvalue weighted by molar-refractivity contribution is -0.415. The lowest BCUT2D eigenvalue weighted by Crippen LogP contribution is -2.37. The average molecular weight is 202 g/mol. The highest BCUT2D eigenvalue weighted by Crippen LogP contribution is 2.09. The van der Waals surface area contributed by atoms with Crippen molar-refractivity contribution in [2.24, 2.45) is 0 Å². The first kappa shape index (κ1) is 12.4. The van der Waals surface area contributed by atoms with Gasteiger partial charge >= 0.3 is 5.97 Å². The van der Waals surface area contributed by atoms with Crippen LogP contribution in [-0.2, 0) is 14.3 Å². The first-order valence-electron chi connectivity index (χ1n) is 3.75. The molecule has 0 spiro atoms. The molecule has 14 heavy (non-hydrogen) atoms. The SMILES string of the molecule is C=C(C)C(=O)OCC1CO1.O=C([O-])[O-]. The van der Waals surface area contributed by atoms with Crippen molar-refractivity contribution in [3.8, 4) is 0 Å². The Morgan fingerprint density at radius 2 is 2.00 bits per heavy atom. The van der Waals surface area contributed by atoms with Gasteiger partial charge in [-0.05, 0) is 13.1 Å². The lowest BCUT2D eigenvalue weighted by atomic mass is 10.4. The Balaban J connectivity index is 0.000000364. The molecule has 1 aliphatic rings. The van der Waals surface area contributed by atoms with Crippen LogP contribution < -0.4 is 10.2 Å². The normalized spacial score (nSPS) is 17.4. The van der Waals surface area contributed by atoms with Crippen LogP contribution in [0.2, 0.25) is 0 Å². The standard InChI is InChI=1S/C7H10O3.CH2O3/c1-5(2)7(8)10-4-6-3-9-6;2-1(3)4/h6H,1,3-4H2,2H3;(H2,2,3,4)/p-2. The number of epoxide rings is 1. The van der Waals surface area contributed by atoms with E-state index < -0.39 is 6.16 Å². The van der Waals surface area contributed by atoms with Gasteiger partial charge < -0.3 is 24.5 Å². The second-order valence-electron chi connectivity index (χ2n) is 2.58. The Hall–Kier alpha value is -1.56. The minimum atomic E-state index is -2.33. The van der Waals surface area contributed by atoms with Gasteiger partial charge in [-0.15, -0.1) is 0 Å². The topological polar surface area (TPSA) is 102 Å². The number of carboxylic acid groups (broad SMARTS) is 2. The molecule has 0 radical (unpaired) electrons. The fraction of sp³-hybridized carbons (Fsp3) is 0.500. The van der Waals surface area contributed by atoms with Crippen LogP contribution >= 0.6 is 0 Å². The molecule has 1 fully saturated rings. The van der Waals surface area contributed by atoms with Crippen LogP contribution in [0.5, 0.6) is 0 Å². The number of ether oxygens (including phenoxy) is 2. The molecule has 0 aliphatic carbocycles. The molecule has 1 aliphatic heterocycles. The molecule has 0 N–H and O–H groups in total. The summed E-state index contributed by atoms with van der Waals surface area (Å²) in [6.07, 6.45) is -2.19. The van der Waals surface area contributed by atoms with Crippen molar-refractivity contribution in [3.63, 3.8) is 0 Å². The van der Waals surface area contributed by atoms with E-state index in [0.717, 1.165) is 0 Å². The van der Waals surface area contributed by atoms with Crippen LogP contribution in [-0.4, -0.2) is 31.4 Å². The molecule has 80 valence electrons. The van der Waals surface area contributed by atoms with Crippen molar-refractivity contribution in [1.82, 2.24) is 0 Å². The zero-order valence-corrected chi connectivity index (χ0v) is 7.65. The van der Waals surface area contributed by atoms with E-state index in [9.17, 15) is 4.79 Å². The summed E-state index contributed by atoms with van der Waals surface area (Å²) >= 11 is 0. The van der Waals surface area contributed by atoms with Gasteiger partial charge in [-0.1, -0.05) is 6.58 Å². The van der Waals surface area contributed by atoms with Crippen LogP contribution in [0.1, 0.15) is 6.92 Å². The summed E-state index contributed by atoms with van der Waals surface area (Å²) in [6.45, 7) is 6.14. The number of hydrogen-bond donors (Lipinski definition) is 0. The van der Waals surface area contributed by atoms with E-state index in [2.05, 4.69) is 6.58 Å². The Morgan fingerprint density at radius 3 is 2.29 bits per heavy atom. The number of carbonyl (C=O) groups excluding carboxylic acids is 2. The quantitative estimate of drug-likeness (QED) is 0.299. The second kappa shape index (κ2) is 5.98. The molecule has 0 amide bonds. The van der Waals surface area contributed by atoms with Crippen molar-refractivity contribution >= 4 is 12.1 Å². The molecular weight excluding hydrogens is 192 g/mol. The molecular formula is C8H10O6-2. The van der Waals surface area contributed by atoms with Crippen molar-refractivity contribution in [1.29, 1.82) is 0 Å². The van der Waals surface area contributed by atoms with Gasteiger partial charge in [-0.2, -0.15) is 0 Å². The Morgan fingerprint density at radius 1 is 1.57 bits per heavy atom. The molecule has 6 heteroatoms. The maximum Gasteiger partial charge on any atom is 0.333 e. The minimum absolute atomic E-state index is 0.142. The largest absolute Gasteiger partial charge is 0.652 e. The van der Waals surface area contributed by atoms with Crippen molar-refractivity contribution < 1.29 is 29.3 Å². The maximum atomic E-state index is 10.7. The summed E-state index contributed by atoms with van der Waals surface area (Å²) in [6, 6.07) is 0. The third-order valence-corrected chi connectivity index (χ3v) is 1.15. The Bertz CT molecular complexity index is 226. The summed E-state index contributed by atoms with van der Waals surface area (Å²) in [4.78, 5) is 19.0. The number of rotatable bonds is 3. The monoisotopic (exact) mass is 202 g/mol. The molecule has 1 heterocycles. The Labute approximate surface area is 80.7 Å². The van der Waals surface area contributed by atoms with Crippen LogP contribution in [0, 0.1) is 0 Å². The van der Waals surface area contributed by atoms with Crippen LogP contribution in [0.25, 0.3) is 0 Å². The number of carbonyl (C=O) groups is 2. The van der Waals surface area contributed by atoms with E-state index in [0.29, 0.717) is 18.8 Å². The second-order valence-corrected chi connectivity index (χ2v) is 2.58. The molecule has 0 saturated carbocycles. The average Bonchev–Trinajstić information content (AvgIpc) is 2.81. The smallest absolute Gasteiger partial charge is 0.333 e. The van der Waals surface area contributed by atoms with Gasteiger partial charge in [-0.3, -0.25) is 0 Å². The molecule has 1 saturated heterocycles. The highest BCUT2D eigenvalue weighted by Gasteiger charge is 2.24. The van der Waals surface area contributed by atoms with Gasteiger partial charge in [0.05, 0.1) is 6.61 Å². The van der Waals surface area contributed by atoms with Gasteiger partial charge in [0.1, 0.15) is 12.7 Å². The van der Waals surface area contributed by atoms with Crippen LogP contribution in [0.15, 0.2) is 12.2 Å². The molecule has 0 aromatic rings. The van der Waals surface area contributed by atoms with E-state index in [1.54, 1.807) is 6.92 Å². The highest BCUT2D eigenvalue weighted by molar-refractivity contribution is 5.86. The fourth-order valence-electron chi connectivity index (χ4n) is 0.456. The predicted octanol–water partition coefficient (Wildman–Crippen LogP) is -1.94. The van der Waals surface area contributed by atoms with E-state index in [4.69, 9.17) is 24.5 Å². The first-order valence-corrected chi connectivity index (χ1v) is 3.75. The van der Waals surface area contributed by atoms with Gasteiger partial charge in [0.15, 0.2) is 0 Å². The van der Waals surface area contributed by atoms with E-state index in [1.165, 1.54) is 0 Å². The molecule has 1 rings (SSSR count). The highest BCUT2D eigenvalue weighted by atomic mass is 16.6. The van der Waals surface area contributed by atoms with Crippen molar-refractivity contribution in [3.05, 3.63) is 12.2 Å². The molecule has 1 atom stereocenters. The van der Waals surface area contributed by atoms with Crippen molar-refractivity contribution in [2.45, 2.75) is 13.0 Å². The third kappa shape index (κ3) is 8.54. The minimum Gasteiger partial charge on any atom is -0.652 e. The lowest BCUT2D eigenvalue weighted by Gasteiger charge is -1.99. The summed E-state index contributed by atoms with van der Waals surface area (Å²) < 4.78 is 9.60. The number of esters is 1.